The normalized spacial score (nSPS) is 29.6. The minimum Gasteiger partial charge on any atom is -0.480 e. The zero-order valence-electron chi connectivity index (χ0n) is 9.61. The lowest BCUT2D eigenvalue weighted by molar-refractivity contribution is -0.142. The lowest BCUT2D eigenvalue weighted by Gasteiger charge is -2.13. The van der Waals surface area contributed by atoms with Crippen LogP contribution in [0.2, 0.25) is 0 Å². The monoisotopic (exact) mass is 225 g/mol. The van der Waals surface area contributed by atoms with Crippen LogP contribution in [0.4, 0.5) is 0 Å². The van der Waals surface area contributed by atoms with Gasteiger partial charge >= 0.3 is 5.97 Å². The van der Waals surface area contributed by atoms with Gasteiger partial charge in [-0.2, -0.15) is 0 Å². The van der Waals surface area contributed by atoms with E-state index >= 15 is 0 Å². The fourth-order valence-electron chi connectivity index (χ4n) is 2.39. The van der Waals surface area contributed by atoms with E-state index in [9.17, 15) is 9.59 Å². The molecule has 0 radical (unpaired) electrons. The highest BCUT2D eigenvalue weighted by Gasteiger charge is 2.51. The maximum absolute atomic E-state index is 11.8. The van der Waals surface area contributed by atoms with Crippen LogP contribution in [0.5, 0.6) is 0 Å². The summed E-state index contributed by atoms with van der Waals surface area (Å²) in [6.07, 6.45) is 4.77. The van der Waals surface area contributed by atoms with E-state index in [1.54, 1.807) is 0 Å². The van der Waals surface area contributed by atoms with Crippen molar-refractivity contribution in [3.8, 4) is 0 Å². The fourth-order valence-corrected chi connectivity index (χ4v) is 2.39. The fraction of sp³-hybridized carbons (Fsp3) is 0.833. The first kappa shape index (κ1) is 11.4. The predicted molar refractivity (Wildman–Crippen MR) is 58.8 cm³/mol. The highest BCUT2D eigenvalue weighted by molar-refractivity contribution is 5.86. The standard InChI is InChI=1S/C12H19NO3/c1-2-3-10(12(15)16)13-11(14)9-6-8(9)7-4-5-7/h7-10H,2-6H2,1H3,(H,13,14)(H,15,16)/t8-,9+,10-/m0/s1. The van der Waals surface area contributed by atoms with Crippen molar-refractivity contribution in [2.24, 2.45) is 17.8 Å². The number of carbonyl (C=O) groups is 2. The van der Waals surface area contributed by atoms with Gasteiger partial charge in [0.2, 0.25) is 5.91 Å². The Morgan fingerprint density at radius 1 is 1.44 bits per heavy atom. The summed E-state index contributed by atoms with van der Waals surface area (Å²) in [5.74, 6) is 0.448. The summed E-state index contributed by atoms with van der Waals surface area (Å²) in [6.45, 7) is 1.92. The van der Waals surface area contributed by atoms with Gasteiger partial charge in [-0.3, -0.25) is 4.79 Å². The molecule has 2 rings (SSSR count). The van der Waals surface area contributed by atoms with E-state index in [2.05, 4.69) is 5.32 Å². The van der Waals surface area contributed by atoms with Crippen LogP contribution < -0.4 is 5.32 Å². The summed E-state index contributed by atoms with van der Waals surface area (Å²) in [5, 5.41) is 11.6. The molecule has 4 heteroatoms. The number of aliphatic carboxylic acids is 1. The number of hydrogen-bond donors (Lipinski definition) is 2. The van der Waals surface area contributed by atoms with Crippen molar-refractivity contribution in [2.75, 3.05) is 0 Å². The van der Waals surface area contributed by atoms with Crippen LogP contribution in [0.25, 0.3) is 0 Å². The van der Waals surface area contributed by atoms with Gasteiger partial charge in [-0.15, -0.1) is 0 Å². The first-order valence-corrected chi connectivity index (χ1v) is 6.16. The van der Waals surface area contributed by atoms with Crippen molar-refractivity contribution in [1.29, 1.82) is 0 Å². The van der Waals surface area contributed by atoms with Crippen molar-refractivity contribution < 1.29 is 14.7 Å². The van der Waals surface area contributed by atoms with E-state index < -0.39 is 12.0 Å². The topological polar surface area (TPSA) is 66.4 Å². The molecule has 2 N–H and O–H groups in total. The number of amides is 1. The van der Waals surface area contributed by atoms with Crippen molar-refractivity contribution >= 4 is 11.9 Å². The molecule has 0 bridgehead atoms. The first-order valence-electron chi connectivity index (χ1n) is 6.16. The molecule has 2 aliphatic carbocycles. The number of rotatable bonds is 6. The van der Waals surface area contributed by atoms with Crippen LogP contribution in [-0.2, 0) is 9.59 Å². The second-order valence-corrected chi connectivity index (χ2v) is 5.03. The molecule has 0 aromatic rings. The quantitative estimate of drug-likeness (QED) is 0.718. The Labute approximate surface area is 95.4 Å². The third kappa shape index (κ3) is 2.54. The van der Waals surface area contributed by atoms with Crippen LogP contribution in [0, 0.1) is 17.8 Å². The van der Waals surface area contributed by atoms with Gasteiger partial charge in [0.1, 0.15) is 6.04 Å². The van der Waals surface area contributed by atoms with Crippen LogP contribution in [0.3, 0.4) is 0 Å². The van der Waals surface area contributed by atoms with Crippen molar-refractivity contribution in [3.05, 3.63) is 0 Å². The largest absolute Gasteiger partial charge is 0.480 e. The summed E-state index contributed by atoms with van der Waals surface area (Å²) in [5.41, 5.74) is 0. The molecule has 0 saturated heterocycles. The van der Waals surface area contributed by atoms with Crippen molar-refractivity contribution in [2.45, 2.75) is 45.1 Å². The zero-order valence-corrected chi connectivity index (χ0v) is 9.61. The SMILES string of the molecule is CCC[C@H](NC(=O)[C@@H]1C[C@H]1C1CC1)C(=O)O. The molecule has 2 aliphatic rings. The Hall–Kier alpha value is -1.06. The smallest absolute Gasteiger partial charge is 0.326 e. The van der Waals surface area contributed by atoms with Gasteiger partial charge in [0.15, 0.2) is 0 Å². The third-order valence-electron chi connectivity index (χ3n) is 3.60. The molecule has 3 atom stereocenters. The van der Waals surface area contributed by atoms with Gasteiger partial charge in [-0.25, -0.2) is 4.79 Å². The number of carboxylic acids is 1. The summed E-state index contributed by atoms with van der Waals surface area (Å²) in [6, 6.07) is -0.696. The maximum atomic E-state index is 11.8. The maximum Gasteiger partial charge on any atom is 0.326 e. The lowest BCUT2D eigenvalue weighted by atomic mass is 10.1. The Kier molecular flexibility index (Phi) is 3.17. The van der Waals surface area contributed by atoms with Gasteiger partial charge in [0.05, 0.1) is 0 Å². The predicted octanol–water partition coefficient (Wildman–Crippen LogP) is 1.40. The molecular weight excluding hydrogens is 206 g/mol. The van der Waals surface area contributed by atoms with Gasteiger partial charge in [-0.05, 0) is 37.5 Å². The second-order valence-electron chi connectivity index (χ2n) is 5.03. The molecule has 4 nitrogen and oxygen atoms in total. The molecule has 0 heterocycles. The van der Waals surface area contributed by atoms with Gasteiger partial charge in [-0.1, -0.05) is 13.3 Å². The summed E-state index contributed by atoms with van der Waals surface area (Å²) < 4.78 is 0. The van der Waals surface area contributed by atoms with Crippen LogP contribution in [-0.4, -0.2) is 23.0 Å². The second kappa shape index (κ2) is 4.44. The Balaban J connectivity index is 1.79. The molecule has 0 spiro atoms. The average Bonchev–Trinajstić information content (AvgIpc) is 3.06. The van der Waals surface area contributed by atoms with Crippen LogP contribution >= 0.6 is 0 Å². The Bertz CT molecular complexity index is 299. The third-order valence-corrected chi connectivity index (χ3v) is 3.60. The minimum atomic E-state index is -0.918. The van der Waals surface area contributed by atoms with Crippen molar-refractivity contribution in [1.82, 2.24) is 5.32 Å². The number of hydrogen-bond acceptors (Lipinski definition) is 2. The van der Waals surface area contributed by atoms with Gasteiger partial charge in [0.25, 0.3) is 0 Å². The van der Waals surface area contributed by atoms with E-state index in [1.807, 2.05) is 6.92 Å². The van der Waals surface area contributed by atoms with E-state index in [0.717, 1.165) is 18.8 Å². The molecule has 2 saturated carbocycles. The molecular formula is C12H19NO3. The van der Waals surface area contributed by atoms with E-state index in [0.29, 0.717) is 12.3 Å². The zero-order chi connectivity index (χ0) is 11.7. The molecule has 2 fully saturated rings. The minimum absolute atomic E-state index is 0.0437. The highest BCUT2D eigenvalue weighted by Crippen LogP contribution is 2.54. The summed E-state index contributed by atoms with van der Waals surface area (Å²) in [4.78, 5) is 22.6. The van der Waals surface area contributed by atoms with E-state index in [1.165, 1.54) is 12.8 Å². The van der Waals surface area contributed by atoms with E-state index in [-0.39, 0.29) is 11.8 Å². The Morgan fingerprint density at radius 3 is 2.62 bits per heavy atom. The highest BCUT2D eigenvalue weighted by atomic mass is 16.4. The van der Waals surface area contributed by atoms with E-state index in [4.69, 9.17) is 5.11 Å². The number of carbonyl (C=O) groups excluding carboxylic acids is 1. The van der Waals surface area contributed by atoms with Crippen LogP contribution in [0.15, 0.2) is 0 Å². The van der Waals surface area contributed by atoms with Crippen LogP contribution in [0.1, 0.15) is 39.0 Å². The molecule has 0 aromatic heterocycles. The van der Waals surface area contributed by atoms with Crippen molar-refractivity contribution in [3.63, 3.8) is 0 Å². The first-order chi connectivity index (χ1) is 7.63. The number of carboxylic acid groups (broad SMARTS) is 1. The van der Waals surface area contributed by atoms with Gasteiger partial charge in [0, 0.05) is 5.92 Å². The molecule has 90 valence electrons. The lowest BCUT2D eigenvalue weighted by Crippen LogP contribution is -2.41. The summed E-state index contributed by atoms with van der Waals surface area (Å²) >= 11 is 0. The summed E-state index contributed by atoms with van der Waals surface area (Å²) in [7, 11) is 0. The average molecular weight is 225 g/mol. The number of nitrogens with one attached hydrogen (secondary N) is 1. The molecule has 0 aromatic carbocycles. The molecule has 16 heavy (non-hydrogen) atoms. The molecule has 0 unspecified atom stereocenters. The molecule has 1 amide bonds. The van der Waals surface area contributed by atoms with Gasteiger partial charge < -0.3 is 10.4 Å². The Morgan fingerprint density at radius 2 is 2.12 bits per heavy atom. The molecule has 0 aliphatic heterocycles.